The standard InChI is InChI=1S/C26H23FN6O/c27-22-11-7-17(18-6-8-19(28-14-18)12-16-4-5-16)13-21(22)26(34)31-24-3-1-2-23(30-24)25-32-29-15-33(25)20-9-10-20/h1-3,6-8,11,13-16,20H,4-5,9-10,12H2,(H,30,31,34). The fraction of sp³-hybridized carbons (Fsp3) is 0.269. The van der Waals surface area contributed by atoms with Gasteiger partial charge in [-0.1, -0.05) is 18.2 Å². The number of nitrogens with zero attached hydrogens (tertiary/aromatic N) is 5. The molecule has 0 atom stereocenters. The first kappa shape index (κ1) is 20.7. The molecule has 7 nitrogen and oxygen atoms in total. The zero-order valence-electron chi connectivity index (χ0n) is 18.5. The minimum Gasteiger partial charge on any atom is -0.309 e. The average Bonchev–Trinajstić information content (AvgIpc) is 3.80. The maximum atomic E-state index is 14.6. The molecule has 0 spiro atoms. The summed E-state index contributed by atoms with van der Waals surface area (Å²) in [5, 5.41) is 10.9. The summed E-state index contributed by atoms with van der Waals surface area (Å²) in [6, 6.07) is 14.2. The molecule has 0 bridgehead atoms. The van der Waals surface area contributed by atoms with Crippen LogP contribution >= 0.6 is 0 Å². The quantitative estimate of drug-likeness (QED) is 0.421. The van der Waals surface area contributed by atoms with Gasteiger partial charge in [0.25, 0.3) is 5.91 Å². The third kappa shape index (κ3) is 4.31. The van der Waals surface area contributed by atoms with Crippen LogP contribution in [0.5, 0.6) is 0 Å². The molecule has 0 unspecified atom stereocenters. The van der Waals surface area contributed by atoms with Crippen molar-refractivity contribution in [3.63, 3.8) is 0 Å². The van der Waals surface area contributed by atoms with E-state index in [1.165, 1.54) is 18.9 Å². The van der Waals surface area contributed by atoms with E-state index in [0.717, 1.165) is 42.0 Å². The monoisotopic (exact) mass is 454 g/mol. The first-order valence-electron chi connectivity index (χ1n) is 11.6. The van der Waals surface area contributed by atoms with Gasteiger partial charge in [0.15, 0.2) is 5.82 Å². The van der Waals surface area contributed by atoms with Crippen LogP contribution in [0.2, 0.25) is 0 Å². The minimum atomic E-state index is -0.593. The van der Waals surface area contributed by atoms with Crippen molar-refractivity contribution in [1.29, 1.82) is 0 Å². The number of nitrogens with one attached hydrogen (secondary N) is 1. The maximum absolute atomic E-state index is 14.6. The molecule has 1 aromatic carbocycles. The van der Waals surface area contributed by atoms with E-state index in [9.17, 15) is 9.18 Å². The van der Waals surface area contributed by atoms with Crippen LogP contribution in [0.4, 0.5) is 10.2 Å². The lowest BCUT2D eigenvalue weighted by molar-refractivity contribution is 0.102. The SMILES string of the molecule is O=C(Nc1cccc(-c2nncn2C2CC2)n1)c1cc(-c2ccc(CC3CC3)nc2)ccc1F. The second-order valence-corrected chi connectivity index (χ2v) is 9.04. The Morgan fingerprint density at radius 2 is 1.91 bits per heavy atom. The number of anilines is 1. The van der Waals surface area contributed by atoms with Gasteiger partial charge >= 0.3 is 0 Å². The van der Waals surface area contributed by atoms with Gasteiger partial charge < -0.3 is 9.88 Å². The summed E-state index contributed by atoms with van der Waals surface area (Å²) in [4.78, 5) is 22.0. The highest BCUT2D eigenvalue weighted by atomic mass is 19.1. The Bertz CT molecular complexity index is 1360. The zero-order chi connectivity index (χ0) is 23.1. The Balaban J connectivity index is 1.22. The molecule has 34 heavy (non-hydrogen) atoms. The van der Waals surface area contributed by atoms with Crippen molar-refractivity contribution in [3.8, 4) is 22.6 Å². The van der Waals surface area contributed by atoms with Gasteiger partial charge in [0.05, 0.1) is 5.56 Å². The largest absolute Gasteiger partial charge is 0.309 e. The second-order valence-electron chi connectivity index (χ2n) is 9.04. The van der Waals surface area contributed by atoms with Crippen molar-refractivity contribution in [1.82, 2.24) is 24.7 Å². The molecule has 0 radical (unpaired) electrons. The number of rotatable bonds is 7. The zero-order valence-corrected chi connectivity index (χ0v) is 18.5. The van der Waals surface area contributed by atoms with Crippen LogP contribution in [0.15, 0.2) is 61.1 Å². The van der Waals surface area contributed by atoms with Crippen LogP contribution in [0.1, 0.15) is 47.8 Å². The lowest BCUT2D eigenvalue weighted by atomic mass is 10.0. The molecule has 1 amide bonds. The molecule has 2 saturated carbocycles. The van der Waals surface area contributed by atoms with E-state index < -0.39 is 11.7 Å². The van der Waals surface area contributed by atoms with E-state index in [4.69, 9.17) is 0 Å². The lowest BCUT2D eigenvalue weighted by Gasteiger charge is -2.10. The molecule has 8 heteroatoms. The van der Waals surface area contributed by atoms with Crippen LogP contribution in [0.3, 0.4) is 0 Å². The van der Waals surface area contributed by atoms with Crippen molar-refractivity contribution in [3.05, 3.63) is 78.1 Å². The van der Waals surface area contributed by atoms with Crippen LogP contribution < -0.4 is 5.32 Å². The predicted octanol–water partition coefficient (Wildman–Crippen LogP) is 5.08. The normalized spacial score (nSPS) is 15.3. The summed E-state index contributed by atoms with van der Waals surface area (Å²) < 4.78 is 16.6. The Hall–Kier alpha value is -3.94. The van der Waals surface area contributed by atoms with Crippen molar-refractivity contribution in [2.24, 2.45) is 5.92 Å². The summed E-state index contributed by atoms with van der Waals surface area (Å²) in [5.41, 5.74) is 3.20. The number of hydrogen-bond acceptors (Lipinski definition) is 5. The van der Waals surface area contributed by atoms with Gasteiger partial charge in [-0.15, -0.1) is 10.2 Å². The van der Waals surface area contributed by atoms with Crippen LogP contribution in [0.25, 0.3) is 22.6 Å². The fourth-order valence-electron chi connectivity index (χ4n) is 4.07. The van der Waals surface area contributed by atoms with E-state index in [2.05, 4.69) is 25.5 Å². The molecule has 1 N–H and O–H groups in total. The average molecular weight is 455 g/mol. The first-order chi connectivity index (χ1) is 16.6. The smallest absolute Gasteiger partial charge is 0.259 e. The van der Waals surface area contributed by atoms with Crippen molar-refractivity contribution in [2.75, 3.05) is 5.32 Å². The Morgan fingerprint density at radius 1 is 1.06 bits per heavy atom. The van der Waals surface area contributed by atoms with E-state index in [-0.39, 0.29) is 5.56 Å². The molecule has 3 aromatic heterocycles. The predicted molar refractivity (Wildman–Crippen MR) is 126 cm³/mol. The van der Waals surface area contributed by atoms with E-state index in [1.807, 2.05) is 22.8 Å². The number of pyridine rings is 2. The summed E-state index contributed by atoms with van der Waals surface area (Å²) in [6.45, 7) is 0. The number of hydrogen-bond donors (Lipinski definition) is 1. The molecule has 2 aliphatic rings. The molecular weight excluding hydrogens is 431 g/mol. The van der Waals surface area contributed by atoms with Gasteiger partial charge in [-0.25, -0.2) is 9.37 Å². The van der Waals surface area contributed by atoms with Crippen molar-refractivity contribution < 1.29 is 9.18 Å². The van der Waals surface area contributed by atoms with Gasteiger partial charge in [0.1, 0.15) is 23.7 Å². The lowest BCUT2D eigenvalue weighted by Crippen LogP contribution is -2.15. The molecular formula is C26H23FN6O. The molecule has 2 fully saturated rings. The fourth-order valence-corrected chi connectivity index (χ4v) is 4.07. The highest BCUT2D eigenvalue weighted by Crippen LogP contribution is 2.37. The third-order valence-corrected chi connectivity index (χ3v) is 6.30. The number of carbonyl (C=O) groups is 1. The van der Waals surface area contributed by atoms with E-state index in [1.54, 1.807) is 36.8 Å². The summed E-state index contributed by atoms with van der Waals surface area (Å²) in [6.07, 6.45) is 9.23. The molecule has 0 saturated heterocycles. The summed E-state index contributed by atoms with van der Waals surface area (Å²) in [5.74, 6) is 0.583. The van der Waals surface area contributed by atoms with Crippen molar-refractivity contribution in [2.45, 2.75) is 38.1 Å². The highest BCUT2D eigenvalue weighted by Gasteiger charge is 2.27. The topological polar surface area (TPSA) is 85.6 Å². The maximum Gasteiger partial charge on any atom is 0.259 e. The first-order valence-corrected chi connectivity index (χ1v) is 11.6. The number of amides is 1. The van der Waals surface area contributed by atoms with Crippen molar-refractivity contribution >= 4 is 11.7 Å². The van der Waals surface area contributed by atoms with Gasteiger partial charge in [-0.05, 0) is 73.9 Å². The number of halogens is 1. The van der Waals surface area contributed by atoms with Gasteiger partial charge in [-0.3, -0.25) is 9.78 Å². The summed E-state index contributed by atoms with van der Waals surface area (Å²) in [7, 11) is 0. The Morgan fingerprint density at radius 3 is 2.68 bits per heavy atom. The van der Waals surface area contributed by atoms with Gasteiger partial charge in [0, 0.05) is 23.5 Å². The molecule has 0 aliphatic heterocycles. The van der Waals surface area contributed by atoms with Gasteiger partial charge in [-0.2, -0.15) is 0 Å². The van der Waals surface area contributed by atoms with Crippen LogP contribution in [-0.4, -0.2) is 30.6 Å². The number of benzene rings is 1. The third-order valence-electron chi connectivity index (χ3n) is 6.30. The highest BCUT2D eigenvalue weighted by molar-refractivity contribution is 6.04. The van der Waals surface area contributed by atoms with Crippen LogP contribution in [-0.2, 0) is 6.42 Å². The van der Waals surface area contributed by atoms with E-state index in [0.29, 0.717) is 23.4 Å². The molecule has 2 aliphatic carbocycles. The molecule has 170 valence electrons. The summed E-state index contributed by atoms with van der Waals surface area (Å²) >= 11 is 0. The Labute approximate surface area is 196 Å². The number of carbonyl (C=O) groups excluding carboxylic acids is 1. The minimum absolute atomic E-state index is 0.0482. The molecule has 4 aromatic rings. The molecule has 3 heterocycles. The molecule has 6 rings (SSSR count). The number of aromatic nitrogens is 5. The van der Waals surface area contributed by atoms with E-state index >= 15 is 0 Å². The second kappa shape index (κ2) is 8.44. The van der Waals surface area contributed by atoms with Crippen LogP contribution in [0, 0.1) is 11.7 Å². The van der Waals surface area contributed by atoms with Gasteiger partial charge in [0.2, 0.25) is 0 Å². The Kier molecular flexibility index (Phi) is 5.13.